The number of amides is 1. The molecule has 2 rings (SSSR count). The summed E-state index contributed by atoms with van der Waals surface area (Å²) in [5.41, 5.74) is 0.662. The topological polar surface area (TPSA) is 66.8 Å². The van der Waals surface area contributed by atoms with Gasteiger partial charge in [-0.25, -0.2) is 4.79 Å². The number of hydrogen-bond donors (Lipinski definition) is 1. The van der Waals surface area contributed by atoms with Crippen LogP contribution in [0.2, 0.25) is 0 Å². The van der Waals surface area contributed by atoms with Crippen LogP contribution in [0.25, 0.3) is 0 Å². The highest BCUT2D eigenvalue weighted by Gasteiger charge is 2.29. The lowest BCUT2D eigenvalue weighted by Gasteiger charge is -2.16. The van der Waals surface area contributed by atoms with Gasteiger partial charge in [-0.3, -0.25) is 4.79 Å². The molecule has 0 radical (unpaired) electrons. The maximum atomic E-state index is 11.7. The molecule has 1 saturated heterocycles. The van der Waals surface area contributed by atoms with Crippen LogP contribution in [0, 0.1) is 0 Å². The number of hydrogen-bond acceptors (Lipinski definition) is 4. The first kappa shape index (κ1) is 12.9. The number of phenolic OH excluding ortho intramolecular Hbond substituents is 1. The molecule has 1 amide bonds. The highest BCUT2D eigenvalue weighted by atomic mass is 79.9. The highest BCUT2D eigenvalue weighted by molar-refractivity contribution is 9.09. The van der Waals surface area contributed by atoms with Crippen molar-refractivity contribution in [3.63, 3.8) is 0 Å². The monoisotopic (exact) mass is 313 g/mol. The standard InChI is InChI=1S/C12H12BrNO4/c1-18-12(17)9-3-2-8(5-10(9)15)14-6-7(13)4-11(14)16/h2-3,5,7,15H,4,6H2,1H3. The fourth-order valence-electron chi connectivity index (χ4n) is 1.88. The summed E-state index contributed by atoms with van der Waals surface area (Å²) >= 11 is 3.38. The molecule has 0 bridgehead atoms. The van der Waals surface area contributed by atoms with E-state index in [1.54, 1.807) is 11.0 Å². The molecule has 1 unspecified atom stereocenters. The van der Waals surface area contributed by atoms with Crippen molar-refractivity contribution in [2.24, 2.45) is 0 Å². The van der Waals surface area contributed by atoms with E-state index >= 15 is 0 Å². The maximum Gasteiger partial charge on any atom is 0.341 e. The van der Waals surface area contributed by atoms with Gasteiger partial charge in [0, 0.05) is 29.5 Å². The van der Waals surface area contributed by atoms with E-state index in [-0.39, 0.29) is 22.0 Å². The van der Waals surface area contributed by atoms with E-state index in [0.717, 1.165) is 0 Å². The lowest BCUT2D eigenvalue weighted by Crippen LogP contribution is -2.24. The zero-order valence-electron chi connectivity index (χ0n) is 9.72. The van der Waals surface area contributed by atoms with Gasteiger partial charge in [0.15, 0.2) is 0 Å². The van der Waals surface area contributed by atoms with E-state index < -0.39 is 5.97 Å². The number of ether oxygens (including phenoxy) is 1. The average molecular weight is 314 g/mol. The molecule has 1 fully saturated rings. The Kier molecular flexibility index (Phi) is 3.56. The van der Waals surface area contributed by atoms with Crippen molar-refractivity contribution in [3.8, 4) is 5.75 Å². The molecule has 96 valence electrons. The zero-order valence-corrected chi connectivity index (χ0v) is 11.3. The molecule has 1 heterocycles. The third kappa shape index (κ3) is 2.33. The molecule has 18 heavy (non-hydrogen) atoms. The van der Waals surface area contributed by atoms with Crippen molar-refractivity contribution < 1.29 is 19.4 Å². The van der Waals surface area contributed by atoms with Gasteiger partial charge in [0.1, 0.15) is 11.3 Å². The minimum absolute atomic E-state index is 0.0120. The number of alkyl halides is 1. The van der Waals surface area contributed by atoms with Crippen molar-refractivity contribution in [2.45, 2.75) is 11.2 Å². The van der Waals surface area contributed by atoms with E-state index in [1.807, 2.05) is 0 Å². The van der Waals surface area contributed by atoms with Crippen molar-refractivity contribution >= 4 is 33.5 Å². The molecule has 1 N–H and O–H groups in total. The Morgan fingerprint density at radius 3 is 2.78 bits per heavy atom. The van der Waals surface area contributed by atoms with Crippen LogP contribution in [-0.4, -0.2) is 35.5 Å². The number of aromatic hydroxyl groups is 1. The Balaban J connectivity index is 2.29. The number of benzene rings is 1. The molecule has 0 aromatic heterocycles. The van der Waals surface area contributed by atoms with E-state index in [0.29, 0.717) is 18.7 Å². The minimum atomic E-state index is -0.606. The van der Waals surface area contributed by atoms with Gasteiger partial charge in [0.2, 0.25) is 5.91 Å². The number of carbonyl (C=O) groups is 2. The third-order valence-corrected chi connectivity index (χ3v) is 3.39. The zero-order chi connectivity index (χ0) is 13.3. The molecular weight excluding hydrogens is 302 g/mol. The van der Waals surface area contributed by atoms with Crippen molar-refractivity contribution in [2.75, 3.05) is 18.6 Å². The van der Waals surface area contributed by atoms with Gasteiger partial charge in [-0.2, -0.15) is 0 Å². The van der Waals surface area contributed by atoms with Crippen LogP contribution >= 0.6 is 15.9 Å². The molecule has 1 aliphatic heterocycles. The molecular formula is C12H12BrNO4. The average Bonchev–Trinajstić information content (AvgIpc) is 2.67. The Morgan fingerprint density at radius 1 is 1.56 bits per heavy atom. The SMILES string of the molecule is COC(=O)c1ccc(N2CC(Br)CC2=O)cc1O. The Labute approximate surface area is 112 Å². The lowest BCUT2D eigenvalue weighted by molar-refractivity contribution is -0.117. The van der Waals surface area contributed by atoms with E-state index in [4.69, 9.17) is 0 Å². The first-order chi connectivity index (χ1) is 8.52. The summed E-state index contributed by atoms with van der Waals surface area (Å²) in [5.74, 6) is -0.808. The van der Waals surface area contributed by atoms with Crippen LogP contribution in [0.3, 0.4) is 0 Å². The van der Waals surface area contributed by atoms with Crippen LogP contribution < -0.4 is 4.90 Å². The van der Waals surface area contributed by atoms with Crippen LogP contribution in [0.1, 0.15) is 16.8 Å². The normalized spacial score (nSPS) is 19.1. The van der Waals surface area contributed by atoms with Gasteiger partial charge >= 0.3 is 5.97 Å². The molecule has 0 spiro atoms. The molecule has 1 aliphatic rings. The number of anilines is 1. The van der Waals surface area contributed by atoms with E-state index in [1.165, 1.54) is 19.2 Å². The first-order valence-electron chi connectivity index (χ1n) is 5.38. The summed E-state index contributed by atoms with van der Waals surface area (Å²) in [4.78, 5) is 24.7. The minimum Gasteiger partial charge on any atom is -0.507 e. The second-order valence-corrected chi connectivity index (χ2v) is 5.29. The van der Waals surface area contributed by atoms with Crippen LogP contribution in [0.4, 0.5) is 5.69 Å². The number of nitrogens with zero attached hydrogens (tertiary/aromatic N) is 1. The lowest BCUT2D eigenvalue weighted by atomic mass is 10.1. The molecule has 1 aromatic rings. The van der Waals surface area contributed by atoms with Crippen molar-refractivity contribution in [3.05, 3.63) is 23.8 Å². The van der Waals surface area contributed by atoms with Gasteiger partial charge in [0.05, 0.1) is 7.11 Å². The van der Waals surface area contributed by atoms with Gasteiger partial charge < -0.3 is 14.7 Å². The number of halogens is 1. The maximum absolute atomic E-state index is 11.7. The summed E-state index contributed by atoms with van der Waals surface area (Å²) in [7, 11) is 1.25. The molecule has 0 saturated carbocycles. The Morgan fingerprint density at radius 2 is 2.28 bits per heavy atom. The fourth-order valence-corrected chi connectivity index (χ4v) is 2.45. The van der Waals surface area contributed by atoms with Gasteiger partial charge in [-0.15, -0.1) is 0 Å². The number of methoxy groups -OCH3 is 1. The van der Waals surface area contributed by atoms with Crippen molar-refractivity contribution in [1.82, 2.24) is 0 Å². The van der Waals surface area contributed by atoms with Gasteiger partial charge in [-0.05, 0) is 12.1 Å². The third-order valence-electron chi connectivity index (χ3n) is 2.78. The Hall–Kier alpha value is -1.56. The second-order valence-electron chi connectivity index (χ2n) is 4.00. The second kappa shape index (κ2) is 4.97. The van der Waals surface area contributed by atoms with Crippen LogP contribution in [0.15, 0.2) is 18.2 Å². The molecule has 0 aliphatic carbocycles. The largest absolute Gasteiger partial charge is 0.507 e. The van der Waals surface area contributed by atoms with Crippen molar-refractivity contribution in [1.29, 1.82) is 0 Å². The number of carbonyl (C=O) groups excluding carboxylic acids is 2. The smallest absolute Gasteiger partial charge is 0.341 e. The van der Waals surface area contributed by atoms with Gasteiger partial charge in [0.25, 0.3) is 0 Å². The van der Waals surface area contributed by atoms with E-state index in [2.05, 4.69) is 20.7 Å². The number of phenols is 1. The van der Waals surface area contributed by atoms with Gasteiger partial charge in [-0.1, -0.05) is 15.9 Å². The predicted molar refractivity (Wildman–Crippen MR) is 69.1 cm³/mol. The predicted octanol–water partition coefficient (Wildman–Crippen LogP) is 1.68. The van der Waals surface area contributed by atoms with Crippen LogP contribution in [0.5, 0.6) is 5.75 Å². The highest BCUT2D eigenvalue weighted by Crippen LogP contribution is 2.29. The molecule has 1 aromatic carbocycles. The summed E-state index contributed by atoms with van der Waals surface area (Å²) in [6.07, 6.45) is 0.430. The first-order valence-corrected chi connectivity index (χ1v) is 6.30. The fraction of sp³-hybridized carbons (Fsp3) is 0.333. The summed E-state index contributed by atoms with van der Waals surface area (Å²) < 4.78 is 4.53. The molecule has 6 heteroatoms. The summed E-state index contributed by atoms with van der Waals surface area (Å²) in [6, 6.07) is 4.47. The quantitative estimate of drug-likeness (QED) is 0.666. The number of esters is 1. The molecule has 1 atom stereocenters. The Bertz CT molecular complexity index is 503. The molecule has 5 nitrogen and oxygen atoms in total. The number of rotatable bonds is 2. The van der Waals surface area contributed by atoms with Crippen LogP contribution in [-0.2, 0) is 9.53 Å². The summed E-state index contributed by atoms with van der Waals surface area (Å²) in [6.45, 7) is 0.551. The van der Waals surface area contributed by atoms with E-state index in [9.17, 15) is 14.7 Å². The summed E-state index contributed by atoms with van der Waals surface area (Å²) in [5, 5.41) is 9.75.